The lowest BCUT2D eigenvalue weighted by Crippen LogP contribution is -2.52. The van der Waals surface area contributed by atoms with E-state index in [0.717, 1.165) is 11.0 Å². The maximum atomic E-state index is 13.7. The van der Waals surface area contributed by atoms with Gasteiger partial charge in [-0.2, -0.15) is 0 Å². The number of hydrogen-bond acceptors (Lipinski definition) is 5. The van der Waals surface area contributed by atoms with Crippen molar-refractivity contribution in [1.29, 1.82) is 0 Å². The van der Waals surface area contributed by atoms with Gasteiger partial charge in [-0.15, -0.1) is 0 Å². The average molecular weight is 326 g/mol. The highest BCUT2D eigenvalue weighted by Crippen LogP contribution is 2.24. The van der Waals surface area contributed by atoms with Crippen LogP contribution in [0.2, 0.25) is 0 Å². The number of benzene rings is 1. The second kappa shape index (κ2) is 6.44. The number of anilines is 1. The van der Waals surface area contributed by atoms with Crippen molar-refractivity contribution < 1.29 is 23.5 Å². The Morgan fingerprint density at radius 3 is 2.13 bits per heavy atom. The summed E-state index contributed by atoms with van der Waals surface area (Å²) in [6, 6.07) is 3.58. The molecule has 2 N–H and O–H groups in total. The molecule has 0 atom stereocenters. The van der Waals surface area contributed by atoms with Crippen LogP contribution in [0.1, 0.15) is 41.5 Å². The molecule has 1 aromatic rings. The lowest BCUT2D eigenvalue weighted by Gasteiger charge is -2.34. The smallest absolute Gasteiger partial charge is 0.425 e. The normalized spacial score (nSPS) is 11.8. The SMILES string of the molecule is CC(C)(C)OC(=O)N(C(=O)Oc1cc(N)ccc1F)C(C)(C)C. The van der Waals surface area contributed by atoms with Crippen LogP contribution in [0.3, 0.4) is 0 Å². The number of carbonyl (C=O) groups is 2. The van der Waals surface area contributed by atoms with Gasteiger partial charge in [0.15, 0.2) is 11.6 Å². The van der Waals surface area contributed by atoms with Crippen LogP contribution in [0, 0.1) is 5.82 Å². The summed E-state index contributed by atoms with van der Waals surface area (Å²) in [4.78, 5) is 25.4. The molecule has 0 aliphatic heterocycles. The van der Waals surface area contributed by atoms with Crippen LogP contribution in [0.25, 0.3) is 0 Å². The van der Waals surface area contributed by atoms with Crippen LogP contribution in [-0.4, -0.2) is 28.2 Å². The lowest BCUT2D eigenvalue weighted by molar-refractivity contribution is 0.0117. The van der Waals surface area contributed by atoms with E-state index in [1.54, 1.807) is 41.5 Å². The van der Waals surface area contributed by atoms with Crippen LogP contribution in [0.15, 0.2) is 18.2 Å². The van der Waals surface area contributed by atoms with Crippen molar-refractivity contribution in [3.05, 3.63) is 24.0 Å². The lowest BCUT2D eigenvalue weighted by atomic mass is 10.1. The molecular weight excluding hydrogens is 303 g/mol. The first-order valence-electron chi connectivity index (χ1n) is 7.11. The molecule has 0 aliphatic carbocycles. The van der Waals surface area contributed by atoms with Crippen molar-refractivity contribution in [3.63, 3.8) is 0 Å². The molecule has 23 heavy (non-hydrogen) atoms. The molecule has 0 unspecified atom stereocenters. The van der Waals surface area contributed by atoms with Crippen molar-refractivity contribution in [2.75, 3.05) is 5.73 Å². The number of imide groups is 1. The van der Waals surface area contributed by atoms with E-state index in [9.17, 15) is 14.0 Å². The fraction of sp³-hybridized carbons (Fsp3) is 0.500. The molecule has 0 heterocycles. The fourth-order valence-electron chi connectivity index (χ4n) is 1.67. The first-order chi connectivity index (χ1) is 10.3. The van der Waals surface area contributed by atoms with Gasteiger partial charge >= 0.3 is 12.2 Å². The number of ether oxygens (including phenoxy) is 2. The van der Waals surface area contributed by atoms with E-state index >= 15 is 0 Å². The number of nitrogens with two attached hydrogens (primary N) is 1. The Hall–Kier alpha value is -2.31. The molecular formula is C16H23FN2O4. The first-order valence-corrected chi connectivity index (χ1v) is 7.11. The third kappa shape index (κ3) is 5.43. The molecule has 0 fully saturated rings. The van der Waals surface area contributed by atoms with Gasteiger partial charge in [0.2, 0.25) is 0 Å². The third-order valence-electron chi connectivity index (χ3n) is 2.58. The molecule has 0 bridgehead atoms. The summed E-state index contributed by atoms with van der Waals surface area (Å²) in [6.07, 6.45) is -1.92. The van der Waals surface area contributed by atoms with Gasteiger partial charge in [-0.1, -0.05) is 0 Å². The minimum Gasteiger partial charge on any atom is -0.443 e. The fourth-order valence-corrected chi connectivity index (χ4v) is 1.67. The third-order valence-corrected chi connectivity index (χ3v) is 2.58. The predicted molar refractivity (Wildman–Crippen MR) is 84.7 cm³/mol. The highest BCUT2D eigenvalue weighted by Gasteiger charge is 2.37. The molecule has 0 aliphatic rings. The zero-order valence-corrected chi connectivity index (χ0v) is 14.3. The standard InChI is InChI=1S/C16H23FN2O4/c1-15(2,3)19(14(21)23-16(4,5)6)13(20)22-12-9-10(18)7-8-11(12)17/h7-9H,18H2,1-6H3. The van der Waals surface area contributed by atoms with Gasteiger partial charge in [0.05, 0.1) is 0 Å². The zero-order chi connectivity index (χ0) is 18.0. The summed E-state index contributed by atoms with van der Waals surface area (Å²) in [5, 5.41) is 0. The van der Waals surface area contributed by atoms with Gasteiger partial charge in [-0.05, 0) is 53.7 Å². The number of carbonyl (C=O) groups excluding carboxylic acids is 2. The van der Waals surface area contributed by atoms with E-state index < -0.39 is 29.1 Å². The number of halogens is 1. The number of hydrogen-bond donors (Lipinski definition) is 1. The van der Waals surface area contributed by atoms with Gasteiger partial charge in [0, 0.05) is 17.3 Å². The van der Waals surface area contributed by atoms with Gasteiger partial charge in [0.25, 0.3) is 0 Å². The van der Waals surface area contributed by atoms with E-state index in [0.29, 0.717) is 0 Å². The van der Waals surface area contributed by atoms with Crippen LogP contribution in [0.4, 0.5) is 19.7 Å². The average Bonchev–Trinajstić information content (AvgIpc) is 2.29. The van der Waals surface area contributed by atoms with Crippen molar-refractivity contribution >= 4 is 17.9 Å². The first kappa shape index (κ1) is 18.7. The Morgan fingerprint density at radius 1 is 1.09 bits per heavy atom. The summed E-state index contributed by atoms with van der Waals surface area (Å²) in [5.41, 5.74) is 4.07. The zero-order valence-electron chi connectivity index (χ0n) is 14.3. The Labute approximate surface area is 135 Å². The van der Waals surface area contributed by atoms with Gasteiger partial charge < -0.3 is 15.2 Å². The molecule has 0 radical (unpaired) electrons. The Morgan fingerprint density at radius 2 is 1.65 bits per heavy atom. The molecule has 6 nitrogen and oxygen atoms in total. The second-order valence-corrected chi connectivity index (χ2v) is 7.04. The topological polar surface area (TPSA) is 81.9 Å². The molecule has 2 amide bonds. The summed E-state index contributed by atoms with van der Waals surface area (Å²) in [5.74, 6) is -1.11. The highest BCUT2D eigenvalue weighted by atomic mass is 19.1. The summed E-state index contributed by atoms with van der Waals surface area (Å²) in [6.45, 7) is 9.92. The minimum atomic E-state index is -1.05. The number of nitrogen functional groups attached to an aromatic ring is 1. The van der Waals surface area contributed by atoms with Crippen molar-refractivity contribution in [3.8, 4) is 5.75 Å². The molecule has 1 rings (SSSR count). The Balaban J connectivity index is 3.06. The summed E-state index contributed by atoms with van der Waals surface area (Å²) >= 11 is 0. The van der Waals surface area contributed by atoms with Crippen molar-refractivity contribution in [2.24, 2.45) is 0 Å². The monoisotopic (exact) mass is 326 g/mol. The number of amides is 2. The molecule has 0 saturated heterocycles. The summed E-state index contributed by atoms with van der Waals surface area (Å²) < 4.78 is 23.9. The predicted octanol–water partition coefficient (Wildman–Crippen LogP) is 3.94. The van der Waals surface area contributed by atoms with Gasteiger partial charge in [-0.3, -0.25) is 0 Å². The minimum absolute atomic E-state index is 0.230. The van der Waals surface area contributed by atoms with Gasteiger partial charge in [0.1, 0.15) is 5.60 Å². The van der Waals surface area contributed by atoms with Crippen LogP contribution < -0.4 is 10.5 Å². The van der Waals surface area contributed by atoms with E-state index in [1.807, 2.05) is 0 Å². The molecule has 7 heteroatoms. The van der Waals surface area contributed by atoms with E-state index in [-0.39, 0.29) is 11.4 Å². The Kier molecular flexibility index (Phi) is 5.24. The van der Waals surface area contributed by atoms with Crippen LogP contribution in [-0.2, 0) is 4.74 Å². The maximum absolute atomic E-state index is 13.7. The number of nitrogens with zero attached hydrogens (tertiary/aromatic N) is 1. The van der Waals surface area contributed by atoms with E-state index in [1.165, 1.54) is 12.1 Å². The number of rotatable bonds is 1. The molecule has 1 aromatic carbocycles. The maximum Gasteiger partial charge on any atom is 0.425 e. The highest BCUT2D eigenvalue weighted by molar-refractivity contribution is 5.90. The van der Waals surface area contributed by atoms with Crippen molar-refractivity contribution in [1.82, 2.24) is 4.90 Å². The summed E-state index contributed by atoms with van der Waals surface area (Å²) in [7, 11) is 0. The second-order valence-electron chi connectivity index (χ2n) is 7.04. The quantitative estimate of drug-likeness (QED) is 0.790. The molecule has 0 aromatic heterocycles. The van der Waals surface area contributed by atoms with Crippen LogP contribution in [0.5, 0.6) is 5.75 Å². The Bertz CT molecular complexity index is 603. The van der Waals surface area contributed by atoms with Crippen LogP contribution >= 0.6 is 0 Å². The molecule has 0 saturated carbocycles. The molecule has 128 valence electrons. The van der Waals surface area contributed by atoms with E-state index in [2.05, 4.69) is 0 Å². The van der Waals surface area contributed by atoms with Gasteiger partial charge in [-0.25, -0.2) is 18.9 Å². The van der Waals surface area contributed by atoms with E-state index in [4.69, 9.17) is 15.2 Å². The largest absolute Gasteiger partial charge is 0.443 e. The van der Waals surface area contributed by atoms with Crippen molar-refractivity contribution in [2.45, 2.75) is 52.7 Å². The molecule has 0 spiro atoms.